The molecule has 0 N–H and O–H groups in total. The molecule has 3 heteroatoms. The van der Waals surface area contributed by atoms with Crippen molar-refractivity contribution in [1.29, 1.82) is 5.26 Å². The van der Waals surface area contributed by atoms with E-state index in [9.17, 15) is 0 Å². The van der Waals surface area contributed by atoms with E-state index >= 15 is 0 Å². The minimum atomic E-state index is 0.150. The van der Waals surface area contributed by atoms with Crippen LogP contribution in [0.2, 0.25) is 0 Å². The van der Waals surface area contributed by atoms with E-state index in [1.807, 2.05) is 12.1 Å². The van der Waals surface area contributed by atoms with Crippen LogP contribution in [0.3, 0.4) is 0 Å². The molecule has 2 nitrogen and oxygen atoms in total. The molecule has 2 rings (SSSR count). The standard InChI is InChI=1S/C12H13BrN2/c1-12(2)7-15(3)10-5-8(6-14)4-9(13)11(10)12/h4-5H,7H2,1-3H3. The maximum atomic E-state index is 8.92. The van der Waals surface area contributed by atoms with Gasteiger partial charge in [0.25, 0.3) is 0 Å². The average Bonchev–Trinajstić information content (AvgIpc) is 2.37. The van der Waals surface area contributed by atoms with E-state index in [0.29, 0.717) is 5.56 Å². The van der Waals surface area contributed by atoms with Crippen molar-refractivity contribution in [3.63, 3.8) is 0 Å². The molecule has 1 aliphatic rings. The number of nitriles is 1. The van der Waals surface area contributed by atoms with Crippen molar-refractivity contribution >= 4 is 21.6 Å². The van der Waals surface area contributed by atoms with Gasteiger partial charge in [0, 0.05) is 29.2 Å². The molecule has 78 valence electrons. The highest BCUT2D eigenvalue weighted by molar-refractivity contribution is 9.10. The molecule has 1 heterocycles. The summed E-state index contributed by atoms with van der Waals surface area (Å²) in [5, 5.41) is 8.92. The van der Waals surface area contributed by atoms with Crippen LogP contribution in [-0.2, 0) is 5.41 Å². The van der Waals surface area contributed by atoms with Gasteiger partial charge >= 0.3 is 0 Å². The van der Waals surface area contributed by atoms with E-state index < -0.39 is 0 Å². The zero-order valence-electron chi connectivity index (χ0n) is 9.13. The fourth-order valence-electron chi connectivity index (χ4n) is 2.38. The van der Waals surface area contributed by atoms with Crippen LogP contribution in [0.4, 0.5) is 5.69 Å². The molecule has 0 spiro atoms. The zero-order chi connectivity index (χ0) is 11.2. The summed E-state index contributed by atoms with van der Waals surface area (Å²) < 4.78 is 1.05. The fraction of sp³-hybridized carbons (Fsp3) is 0.417. The normalized spacial score (nSPS) is 17.4. The van der Waals surface area contributed by atoms with Crippen LogP contribution in [0, 0.1) is 11.3 Å². The number of fused-ring (bicyclic) bond motifs is 1. The van der Waals surface area contributed by atoms with Crippen molar-refractivity contribution in [3.05, 3.63) is 27.7 Å². The van der Waals surface area contributed by atoms with E-state index in [0.717, 1.165) is 11.0 Å². The number of hydrogen-bond donors (Lipinski definition) is 0. The van der Waals surface area contributed by atoms with Crippen molar-refractivity contribution in [2.75, 3.05) is 18.5 Å². The molecular weight excluding hydrogens is 252 g/mol. The fourth-order valence-corrected chi connectivity index (χ4v) is 3.37. The number of benzene rings is 1. The van der Waals surface area contributed by atoms with Crippen molar-refractivity contribution in [2.45, 2.75) is 19.3 Å². The van der Waals surface area contributed by atoms with Gasteiger partial charge in [-0.1, -0.05) is 29.8 Å². The lowest BCUT2D eigenvalue weighted by atomic mass is 9.86. The summed E-state index contributed by atoms with van der Waals surface area (Å²) in [4.78, 5) is 2.21. The second kappa shape index (κ2) is 3.24. The summed E-state index contributed by atoms with van der Waals surface area (Å²) in [5.74, 6) is 0. The Morgan fingerprint density at radius 3 is 2.73 bits per heavy atom. The van der Waals surface area contributed by atoms with Crippen LogP contribution in [0.25, 0.3) is 0 Å². The molecular formula is C12H13BrN2. The Hall–Kier alpha value is -1.01. The van der Waals surface area contributed by atoms with Crippen LogP contribution >= 0.6 is 15.9 Å². The smallest absolute Gasteiger partial charge is 0.0992 e. The number of hydrogen-bond acceptors (Lipinski definition) is 2. The van der Waals surface area contributed by atoms with Gasteiger partial charge in [-0.05, 0) is 17.7 Å². The number of nitrogens with zero attached hydrogens (tertiary/aromatic N) is 2. The first-order valence-corrected chi connectivity index (χ1v) is 5.70. The van der Waals surface area contributed by atoms with Crippen LogP contribution < -0.4 is 4.90 Å². The van der Waals surface area contributed by atoms with Crippen LogP contribution in [0.15, 0.2) is 16.6 Å². The predicted molar refractivity (Wildman–Crippen MR) is 65.2 cm³/mol. The molecule has 1 aliphatic heterocycles. The van der Waals surface area contributed by atoms with E-state index in [1.165, 1.54) is 11.3 Å². The lowest BCUT2D eigenvalue weighted by Crippen LogP contribution is -2.25. The van der Waals surface area contributed by atoms with Gasteiger partial charge in [-0.3, -0.25) is 0 Å². The Labute approximate surface area is 98.6 Å². The van der Waals surface area contributed by atoms with Gasteiger partial charge in [0.15, 0.2) is 0 Å². The SMILES string of the molecule is CN1CC(C)(C)c2c(Br)cc(C#N)cc21. The summed E-state index contributed by atoms with van der Waals surface area (Å²) in [6.45, 7) is 5.45. The molecule has 1 aromatic rings. The largest absolute Gasteiger partial charge is 0.373 e. The zero-order valence-corrected chi connectivity index (χ0v) is 10.7. The lowest BCUT2D eigenvalue weighted by Gasteiger charge is -2.19. The molecule has 0 saturated carbocycles. The van der Waals surface area contributed by atoms with E-state index in [4.69, 9.17) is 5.26 Å². The second-order valence-electron chi connectivity index (χ2n) is 4.70. The quantitative estimate of drug-likeness (QED) is 0.720. The molecule has 0 radical (unpaired) electrons. The van der Waals surface area contributed by atoms with Crippen LogP contribution in [0.5, 0.6) is 0 Å². The Morgan fingerprint density at radius 1 is 1.47 bits per heavy atom. The van der Waals surface area contributed by atoms with Crippen molar-refractivity contribution in [3.8, 4) is 6.07 Å². The predicted octanol–water partition coefficient (Wildman–Crippen LogP) is 3.05. The first kappa shape index (κ1) is 10.5. The van der Waals surface area contributed by atoms with Crippen molar-refractivity contribution < 1.29 is 0 Å². The Morgan fingerprint density at radius 2 is 2.13 bits per heavy atom. The van der Waals surface area contributed by atoms with Gasteiger partial charge < -0.3 is 4.90 Å². The average molecular weight is 265 g/mol. The summed E-state index contributed by atoms with van der Waals surface area (Å²) >= 11 is 3.56. The second-order valence-corrected chi connectivity index (χ2v) is 5.56. The molecule has 0 atom stereocenters. The molecule has 0 aliphatic carbocycles. The topological polar surface area (TPSA) is 27.0 Å². The van der Waals surface area contributed by atoms with Gasteiger partial charge in [0.1, 0.15) is 0 Å². The van der Waals surface area contributed by atoms with Gasteiger partial charge in [0.05, 0.1) is 11.6 Å². The summed E-state index contributed by atoms with van der Waals surface area (Å²) in [6, 6.07) is 6.06. The number of anilines is 1. The molecule has 0 saturated heterocycles. The van der Waals surface area contributed by atoms with Gasteiger partial charge in [-0.15, -0.1) is 0 Å². The lowest BCUT2D eigenvalue weighted by molar-refractivity contribution is 0.561. The monoisotopic (exact) mass is 264 g/mol. The first-order valence-electron chi connectivity index (χ1n) is 4.91. The number of halogens is 1. The third-order valence-corrected chi connectivity index (χ3v) is 3.54. The molecule has 0 aromatic heterocycles. The number of likely N-dealkylation sites (N-methyl/N-ethyl adjacent to an activating group) is 1. The summed E-state index contributed by atoms with van der Waals surface area (Å²) in [5.41, 5.74) is 3.34. The highest BCUT2D eigenvalue weighted by Gasteiger charge is 2.35. The third-order valence-electron chi connectivity index (χ3n) is 2.92. The first-order chi connectivity index (χ1) is 6.95. The third kappa shape index (κ3) is 1.53. The molecule has 0 fully saturated rings. The highest BCUT2D eigenvalue weighted by atomic mass is 79.9. The molecule has 1 aromatic carbocycles. The van der Waals surface area contributed by atoms with Crippen LogP contribution in [0.1, 0.15) is 25.0 Å². The van der Waals surface area contributed by atoms with Crippen molar-refractivity contribution in [2.24, 2.45) is 0 Å². The highest BCUT2D eigenvalue weighted by Crippen LogP contribution is 2.44. The Kier molecular flexibility index (Phi) is 2.27. The Bertz CT molecular complexity index is 457. The summed E-state index contributed by atoms with van der Waals surface area (Å²) in [6.07, 6.45) is 0. The van der Waals surface area contributed by atoms with Crippen molar-refractivity contribution in [1.82, 2.24) is 0 Å². The molecule has 0 unspecified atom stereocenters. The Balaban J connectivity index is 2.70. The molecule has 15 heavy (non-hydrogen) atoms. The van der Waals surface area contributed by atoms with Gasteiger partial charge in [-0.25, -0.2) is 0 Å². The van der Waals surface area contributed by atoms with E-state index in [-0.39, 0.29) is 5.41 Å². The molecule has 0 amide bonds. The maximum absolute atomic E-state index is 8.92. The van der Waals surface area contributed by atoms with E-state index in [1.54, 1.807) is 0 Å². The molecule has 0 bridgehead atoms. The maximum Gasteiger partial charge on any atom is 0.0992 e. The number of rotatable bonds is 0. The van der Waals surface area contributed by atoms with Crippen LogP contribution in [-0.4, -0.2) is 13.6 Å². The minimum Gasteiger partial charge on any atom is -0.373 e. The summed E-state index contributed by atoms with van der Waals surface area (Å²) in [7, 11) is 2.07. The van der Waals surface area contributed by atoms with E-state index in [2.05, 4.69) is 47.8 Å². The van der Waals surface area contributed by atoms with Gasteiger partial charge in [0.2, 0.25) is 0 Å². The minimum absolute atomic E-state index is 0.150. The van der Waals surface area contributed by atoms with Gasteiger partial charge in [-0.2, -0.15) is 5.26 Å².